The van der Waals surface area contributed by atoms with Crippen molar-refractivity contribution in [3.63, 3.8) is 0 Å². The highest BCUT2D eigenvalue weighted by molar-refractivity contribution is 6.32. The van der Waals surface area contributed by atoms with E-state index in [9.17, 15) is 4.79 Å². The van der Waals surface area contributed by atoms with Crippen LogP contribution in [0.15, 0.2) is 71.5 Å². The molecule has 2 heterocycles. The van der Waals surface area contributed by atoms with Crippen LogP contribution in [0.3, 0.4) is 0 Å². The molecule has 33 heavy (non-hydrogen) atoms. The van der Waals surface area contributed by atoms with E-state index in [0.717, 1.165) is 25.3 Å². The summed E-state index contributed by atoms with van der Waals surface area (Å²) in [7, 11) is 0. The molecule has 5 nitrogen and oxygen atoms in total. The second-order valence-corrected chi connectivity index (χ2v) is 9.16. The monoisotopic (exact) mass is 478 g/mol. The Morgan fingerprint density at radius 1 is 0.939 bits per heavy atom. The van der Waals surface area contributed by atoms with Crippen molar-refractivity contribution in [1.29, 1.82) is 0 Å². The van der Waals surface area contributed by atoms with Gasteiger partial charge >= 0.3 is 0 Å². The molecule has 0 unspecified atom stereocenters. The van der Waals surface area contributed by atoms with Gasteiger partial charge in [0.15, 0.2) is 0 Å². The number of fused-ring (bicyclic) bond motifs is 1. The molecule has 0 aliphatic carbocycles. The van der Waals surface area contributed by atoms with Crippen LogP contribution in [-0.4, -0.2) is 27.5 Å². The van der Waals surface area contributed by atoms with Gasteiger partial charge in [0.1, 0.15) is 5.82 Å². The number of likely N-dealkylation sites (tertiary alicyclic amines) is 1. The lowest BCUT2D eigenvalue weighted by Crippen LogP contribution is -2.25. The summed E-state index contributed by atoms with van der Waals surface area (Å²) >= 11 is 12.6. The number of hydrogen-bond donors (Lipinski definition) is 1. The molecule has 0 bridgehead atoms. The zero-order valence-electron chi connectivity index (χ0n) is 18.1. The van der Waals surface area contributed by atoms with E-state index in [-0.39, 0.29) is 5.56 Å². The summed E-state index contributed by atoms with van der Waals surface area (Å²) in [6, 6.07) is 20.9. The minimum atomic E-state index is -0.199. The van der Waals surface area contributed by atoms with Gasteiger partial charge in [-0.15, -0.1) is 0 Å². The third-order valence-electron chi connectivity index (χ3n) is 5.98. The number of anilines is 1. The van der Waals surface area contributed by atoms with Crippen LogP contribution in [0.1, 0.15) is 24.2 Å². The third-order valence-corrected chi connectivity index (χ3v) is 6.53. The lowest BCUT2D eigenvalue weighted by Gasteiger charge is -2.17. The largest absolute Gasteiger partial charge is 0.378 e. The predicted octanol–water partition coefficient (Wildman–Crippen LogP) is 5.90. The fourth-order valence-corrected chi connectivity index (χ4v) is 4.76. The van der Waals surface area contributed by atoms with E-state index in [2.05, 4.69) is 28.4 Å². The molecule has 1 aromatic heterocycles. The Bertz CT molecular complexity index is 1360. The van der Waals surface area contributed by atoms with Crippen LogP contribution in [-0.2, 0) is 13.1 Å². The van der Waals surface area contributed by atoms with Crippen LogP contribution in [0.2, 0.25) is 10.0 Å². The molecule has 168 valence electrons. The molecule has 1 aliphatic rings. The Kier molecular flexibility index (Phi) is 6.36. The Morgan fingerprint density at radius 2 is 1.76 bits per heavy atom. The number of halogens is 2. The molecule has 3 aromatic carbocycles. The van der Waals surface area contributed by atoms with E-state index in [0.29, 0.717) is 39.0 Å². The minimum absolute atomic E-state index is 0.199. The van der Waals surface area contributed by atoms with Crippen molar-refractivity contribution in [2.45, 2.75) is 25.9 Å². The molecule has 1 fully saturated rings. The number of nitrogens with zero attached hydrogens (tertiary/aromatic N) is 3. The standard InChI is InChI=1S/C26H24Cl2N4O/c27-19-10-11-23-21(15-19)26(33)32(24-9-2-1-8-22(24)28)25(30-23)16-29-20-7-5-6-18(14-20)17-31-12-3-4-13-31/h1-2,5-11,14-15,29H,3-4,12-13,16-17H2. The lowest BCUT2D eigenvalue weighted by atomic mass is 10.2. The van der Waals surface area contributed by atoms with Gasteiger partial charge in [-0.2, -0.15) is 0 Å². The van der Waals surface area contributed by atoms with Crippen molar-refractivity contribution in [1.82, 2.24) is 14.5 Å². The Labute approximate surface area is 202 Å². The second-order valence-electron chi connectivity index (χ2n) is 8.32. The summed E-state index contributed by atoms with van der Waals surface area (Å²) in [6.45, 7) is 3.64. The van der Waals surface area contributed by atoms with Crippen LogP contribution >= 0.6 is 23.2 Å². The first-order valence-electron chi connectivity index (χ1n) is 11.1. The van der Waals surface area contributed by atoms with E-state index >= 15 is 0 Å². The Hall–Kier alpha value is -2.86. The summed E-state index contributed by atoms with van der Waals surface area (Å²) in [5.41, 5.74) is 3.26. The first kappa shape index (κ1) is 22.0. The summed E-state index contributed by atoms with van der Waals surface area (Å²) in [5, 5.41) is 4.88. The Morgan fingerprint density at radius 3 is 2.58 bits per heavy atom. The number of nitrogens with one attached hydrogen (secondary N) is 1. The highest BCUT2D eigenvalue weighted by Crippen LogP contribution is 2.23. The molecule has 1 N–H and O–H groups in total. The maximum Gasteiger partial charge on any atom is 0.266 e. The molecule has 7 heteroatoms. The molecule has 5 rings (SSSR count). The first-order valence-corrected chi connectivity index (χ1v) is 11.9. The molecule has 0 saturated carbocycles. The number of benzene rings is 3. The van der Waals surface area contributed by atoms with E-state index in [4.69, 9.17) is 28.2 Å². The number of rotatable bonds is 6. The van der Waals surface area contributed by atoms with Crippen LogP contribution < -0.4 is 10.9 Å². The van der Waals surface area contributed by atoms with Crippen molar-refractivity contribution >= 4 is 39.8 Å². The number of hydrogen-bond acceptors (Lipinski definition) is 4. The number of para-hydroxylation sites is 1. The smallest absolute Gasteiger partial charge is 0.266 e. The molecule has 1 saturated heterocycles. The molecule has 4 aromatic rings. The Balaban J connectivity index is 1.50. The summed E-state index contributed by atoms with van der Waals surface area (Å²) in [4.78, 5) is 20.8. The van der Waals surface area contributed by atoms with Crippen molar-refractivity contribution in [2.24, 2.45) is 0 Å². The zero-order chi connectivity index (χ0) is 22.8. The van der Waals surface area contributed by atoms with Crippen molar-refractivity contribution in [3.05, 3.63) is 98.5 Å². The van der Waals surface area contributed by atoms with Gasteiger partial charge in [0.05, 0.1) is 28.2 Å². The molecule has 0 atom stereocenters. The minimum Gasteiger partial charge on any atom is -0.378 e. The molecular formula is C26H24Cl2N4O. The van der Waals surface area contributed by atoms with Gasteiger partial charge in [-0.25, -0.2) is 4.98 Å². The first-order chi connectivity index (χ1) is 16.1. The molecule has 0 amide bonds. The molecule has 0 spiro atoms. The van der Waals surface area contributed by atoms with E-state index in [1.54, 1.807) is 28.8 Å². The summed E-state index contributed by atoms with van der Waals surface area (Å²) in [5.74, 6) is 0.577. The highest BCUT2D eigenvalue weighted by Gasteiger charge is 2.16. The van der Waals surface area contributed by atoms with E-state index in [1.165, 1.54) is 18.4 Å². The fourth-order valence-electron chi connectivity index (χ4n) is 4.36. The zero-order valence-corrected chi connectivity index (χ0v) is 19.6. The van der Waals surface area contributed by atoms with Gasteiger partial charge in [-0.05, 0) is 74.0 Å². The number of aromatic nitrogens is 2. The van der Waals surface area contributed by atoms with Gasteiger partial charge in [-0.3, -0.25) is 14.3 Å². The van der Waals surface area contributed by atoms with Crippen LogP contribution in [0.25, 0.3) is 16.6 Å². The predicted molar refractivity (Wildman–Crippen MR) is 136 cm³/mol. The average molecular weight is 479 g/mol. The quantitative estimate of drug-likeness (QED) is 0.374. The average Bonchev–Trinajstić information content (AvgIpc) is 3.32. The maximum atomic E-state index is 13.5. The molecule has 0 radical (unpaired) electrons. The lowest BCUT2D eigenvalue weighted by molar-refractivity contribution is 0.331. The third kappa shape index (κ3) is 4.76. The molecular weight excluding hydrogens is 455 g/mol. The van der Waals surface area contributed by atoms with Gasteiger partial charge in [0.2, 0.25) is 0 Å². The van der Waals surface area contributed by atoms with Crippen molar-refractivity contribution < 1.29 is 0 Å². The SMILES string of the molecule is O=c1c2cc(Cl)ccc2nc(CNc2cccc(CN3CCCC3)c2)n1-c1ccccc1Cl. The maximum absolute atomic E-state index is 13.5. The summed E-state index contributed by atoms with van der Waals surface area (Å²) < 4.78 is 1.57. The van der Waals surface area contributed by atoms with Crippen LogP contribution in [0.5, 0.6) is 0 Å². The second kappa shape index (κ2) is 9.56. The van der Waals surface area contributed by atoms with Gasteiger partial charge in [0, 0.05) is 17.3 Å². The van der Waals surface area contributed by atoms with Crippen molar-refractivity contribution in [2.75, 3.05) is 18.4 Å². The topological polar surface area (TPSA) is 50.2 Å². The molecule has 1 aliphatic heterocycles. The fraction of sp³-hybridized carbons (Fsp3) is 0.231. The van der Waals surface area contributed by atoms with Crippen LogP contribution in [0.4, 0.5) is 5.69 Å². The highest BCUT2D eigenvalue weighted by atomic mass is 35.5. The van der Waals surface area contributed by atoms with Gasteiger partial charge < -0.3 is 5.32 Å². The van der Waals surface area contributed by atoms with Crippen LogP contribution in [0, 0.1) is 0 Å². The van der Waals surface area contributed by atoms with E-state index in [1.807, 2.05) is 24.3 Å². The van der Waals surface area contributed by atoms with Gasteiger partial charge in [-0.1, -0.05) is 47.5 Å². The van der Waals surface area contributed by atoms with Gasteiger partial charge in [0.25, 0.3) is 5.56 Å². The summed E-state index contributed by atoms with van der Waals surface area (Å²) in [6.07, 6.45) is 2.55. The van der Waals surface area contributed by atoms with E-state index < -0.39 is 0 Å². The normalized spacial score (nSPS) is 14.1. The van der Waals surface area contributed by atoms with Crippen molar-refractivity contribution in [3.8, 4) is 5.69 Å².